The lowest BCUT2D eigenvalue weighted by Crippen LogP contribution is -2.09. The largest absolute Gasteiger partial charge is 0.311 e. The van der Waals surface area contributed by atoms with Gasteiger partial charge in [0.25, 0.3) is 0 Å². The van der Waals surface area contributed by atoms with Crippen molar-refractivity contribution in [2.75, 3.05) is 9.80 Å². The van der Waals surface area contributed by atoms with E-state index in [0.29, 0.717) is 22.3 Å². The summed E-state index contributed by atoms with van der Waals surface area (Å²) < 4.78 is 0. The van der Waals surface area contributed by atoms with Crippen LogP contribution in [0.25, 0.3) is 76.8 Å². The first-order chi connectivity index (χ1) is 36.5. The third-order valence-corrected chi connectivity index (χ3v) is 14.0. The minimum absolute atomic E-state index is 0.600. The Bertz CT molecular complexity index is 3930. The molecule has 12 rings (SSSR count). The van der Waals surface area contributed by atoms with Crippen molar-refractivity contribution >= 4 is 66.4 Å². The van der Waals surface area contributed by atoms with Gasteiger partial charge in [0.15, 0.2) is 0 Å². The highest BCUT2D eigenvalue weighted by Gasteiger charge is 2.19. The molecule has 0 unspecified atom stereocenters. The number of anilines is 6. The Morgan fingerprint density at radius 2 is 0.432 bits per heavy atom. The van der Waals surface area contributed by atoms with E-state index in [1.54, 1.807) is 0 Å². The lowest BCUT2D eigenvalue weighted by Gasteiger charge is -2.26. The van der Waals surface area contributed by atoms with Crippen LogP contribution in [0.15, 0.2) is 243 Å². The van der Waals surface area contributed by atoms with Crippen LogP contribution in [-0.2, 0) is 0 Å². The van der Waals surface area contributed by atoms with Crippen molar-refractivity contribution in [3.05, 3.63) is 265 Å². The SMILES string of the molecule is N#Cc1ccc(-c2ccc(N(c3ccc(C#N)cc3)c3ccc(-c4ccc5ccc6c(-c7ccc(N(c8ccc(C#N)cc8)c8ccc(-c9ccc(C#N)cc9)cc8)cc7)ccc7ccc4c5c76)cc3)cc2)cc1. The Balaban J connectivity index is 0.882. The fraction of sp³-hybridized carbons (Fsp3) is 0. The molecule has 0 aliphatic rings. The molecule has 6 heteroatoms. The van der Waals surface area contributed by atoms with Crippen molar-refractivity contribution in [3.63, 3.8) is 0 Å². The molecule has 0 heterocycles. The van der Waals surface area contributed by atoms with Gasteiger partial charge in [0.2, 0.25) is 0 Å². The minimum atomic E-state index is 0.600. The van der Waals surface area contributed by atoms with Crippen LogP contribution >= 0.6 is 0 Å². The van der Waals surface area contributed by atoms with E-state index in [0.717, 1.165) is 78.6 Å². The summed E-state index contributed by atoms with van der Waals surface area (Å²) in [6.07, 6.45) is 0. The van der Waals surface area contributed by atoms with Gasteiger partial charge >= 0.3 is 0 Å². The highest BCUT2D eigenvalue weighted by molar-refractivity contribution is 6.27. The molecule has 0 atom stereocenters. The molecule has 0 aromatic heterocycles. The van der Waals surface area contributed by atoms with Gasteiger partial charge in [-0.1, -0.05) is 121 Å². The number of nitrogens with zero attached hydrogens (tertiary/aromatic N) is 6. The van der Waals surface area contributed by atoms with E-state index in [4.69, 9.17) is 0 Å². The maximum absolute atomic E-state index is 9.59. The number of nitriles is 4. The molecule has 74 heavy (non-hydrogen) atoms. The number of benzene rings is 12. The molecular weight excluding hydrogens is 901 g/mol. The quantitative estimate of drug-likeness (QED) is 0.127. The van der Waals surface area contributed by atoms with Crippen molar-refractivity contribution in [1.82, 2.24) is 0 Å². The van der Waals surface area contributed by atoms with Crippen molar-refractivity contribution in [2.45, 2.75) is 0 Å². The molecule has 0 bridgehead atoms. The summed E-state index contributed by atoms with van der Waals surface area (Å²) in [6.45, 7) is 0. The van der Waals surface area contributed by atoms with Crippen LogP contribution in [0.1, 0.15) is 22.3 Å². The van der Waals surface area contributed by atoms with Crippen LogP contribution < -0.4 is 9.80 Å². The predicted molar refractivity (Wildman–Crippen MR) is 300 cm³/mol. The summed E-state index contributed by atoms with van der Waals surface area (Å²) in [5.74, 6) is 0. The van der Waals surface area contributed by atoms with Gasteiger partial charge in [0.05, 0.1) is 46.5 Å². The van der Waals surface area contributed by atoms with Gasteiger partial charge in [-0.15, -0.1) is 0 Å². The van der Waals surface area contributed by atoms with Gasteiger partial charge in [-0.05, 0) is 198 Å². The highest BCUT2D eigenvalue weighted by atomic mass is 15.1. The standard InChI is InChI=1S/C68H40N6/c69-41-45-1-9-49(10-2-45)51-13-29-59(30-14-51)73(57-25-5-47(43-71)6-26-57)61-33-17-53(18-34-61)63-37-21-55-24-40-66-64(38-22-56-23-39-65(63)67(55)68(56)66)54-19-35-62(36-20-54)74(58-27-7-48(44-72)8-28-58)60-31-15-52(16-32-60)50-11-3-46(42-70)4-12-50/h1-40H. The highest BCUT2D eigenvalue weighted by Crippen LogP contribution is 2.45. The topological polar surface area (TPSA) is 102 Å². The molecule has 0 fully saturated rings. The zero-order chi connectivity index (χ0) is 50.1. The van der Waals surface area contributed by atoms with Crippen LogP contribution in [0.5, 0.6) is 0 Å². The van der Waals surface area contributed by atoms with E-state index in [2.05, 4.69) is 180 Å². The monoisotopic (exact) mass is 940 g/mol. The second-order valence-corrected chi connectivity index (χ2v) is 18.2. The van der Waals surface area contributed by atoms with Crippen LogP contribution in [0, 0.1) is 45.3 Å². The summed E-state index contributed by atoms with van der Waals surface area (Å²) in [5.41, 5.74) is 16.9. The first-order valence-corrected chi connectivity index (χ1v) is 24.2. The average molecular weight is 941 g/mol. The van der Waals surface area contributed by atoms with Crippen LogP contribution in [-0.4, -0.2) is 0 Å². The zero-order valence-corrected chi connectivity index (χ0v) is 39.8. The Labute approximate surface area is 428 Å². The molecule has 0 saturated carbocycles. The smallest absolute Gasteiger partial charge is 0.0991 e. The summed E-state index contributed by atoms with van der Waals surface area (Å²) in [4.78, 5) is 4.40. The van der Waals surface area contributed by atoms with E-state index in [9.17, 15) is 21.0 Å². The van der Waals surface area contributed by atoms with Gasteiger partial charge < -0.3 is 9.80 Å². The van der Waals surface area contributed by atoms with E-state index in [-0.39, 0.29) is 0 Å². The third kappa shape index (κ3) is 8.14. The van der Waals surface area contributed by atoms with E-state index >= 15 is 0 Å². The van der Waals surface area contributed by atoms with E-state index in [1.165, 1.54) is 32.3 Å². The fourth-order valence-electron chi connectivity index (χ4n) is 10.2. The Morgan fingerprint density at radius 3 is 0.703 bits per heavy atom. The normalized spacial score (nSPS) is 10.9. The minimum Gasteiger partial charge on any atom is -0.311 e. The molecule has 0 aliphatic carbocycles. The van der Waals surface area contributed by atoms with Gasteiger partial charge in [-0.3, -0.25) is 0 Å². The third-order valence-electron chi connectivity index (χ3n) is 14.0. The maximum atomic E-state index is 9.59. The van der Waals surface area contributed by atoms with E-state index < -0.39 is 0 Å². The Morgan fingerprint density at radius 1 is 0.216 bits per heavy atom. The summed E-state index contributed by atoms with van der Waals surface area (Å²) in [6, 6.07) is 91.7. The first kappa shape index (κ1) is 44.4. The molecule has 342 valence electrons. The molecule has 6 nitrogen and oxygen atoms in total. The second-order valence-electron chi connectivity index (χ2n) is 18.2. The summed E-state index contributed by atoms with van der Waals surface area (Å²) in [5, 5.41) is 45.0. The molecule has 0 radical (unpaired) electrons. The van der Waals surface area contributed by atoms with Gasteiger partial charge in [0.1, 0.15) is 0 Å². The molecule has 0 spiro atoms. The maximum Gasteiger partial charge on any atom is 0.0991 e. The number of hydrogen-bond donors (Lipinski definition) is 0. The fourth-order valence-corrected chi connectivity index (χ4v) is 10.2. The molecule has 0 amide bonds. The lowest BCUT2D eigenvalue weighted by molar-refractivity contribution is 1.28. The molecule has 0 N–H and O–H groups in total. The van der Waals surface area contributed by atoms with Crippen LogP contribution in [0.3, 0.4) is 0 Å². The Kier molecular flexibility index (Phi) is 11.3. The van der Waals surface area contributed by atoms with Crippen molar-refractivity contribution < 1.29 is 0 Å². The zero-order valence-electron chi connectivity index (χ0n) is 39.8. The molecule has 12 aromatic carbocycles. The molecule has 12 aromatic rings. The molecular formula is C68H40N6. The first-order valence-electron chi connectivity index (χ1n) is 24.2. The van der Waals surface area contributed by atoms with E-state index in [1.807, 2.05) is 97.1 Å². The predicted octanol–water partition coefficient (Wildman–Crippen LogP) is 17.7. The number of rotatable bonds is 10. The average Bonchev–Trinajstić information content (AvgIpc) is 3.48. The van der Waals surface area contributed by atoms with Gasteiger partial charge in [-0.2, -0.15) is 21.0 Å². The van der Waals surface area contributed by atoms with Gasteiger partial charge in [0, 0.05) is 34.1 Å². The lowest BCUT2D eigenvalue weighted by atomic mass is 9.87. The van der Waals surface area contributed by atoms with Crippen molar-refractivity contribution in [1.29, 1.82) is 21.0 Å². The van der Waals surface area contributed by atoms with Crippen molar-refractivity contribution in [2.24, 2.45) is 0 Å². The summed E-state index contributed by atoms with van der Waals surface area (Å²) in [7, 11) is 0. The molecule has 0 aliphatic heterocycles. The van der Waals surface area contributed by atoms with Gasteiger partial charge in [-0.25, -0.2) is 0 Å². The second kappa shape index (κ2) is 18.9. The Hall–Kier alpha value is -10.8. The van der Waals surface area contributed by atoms with Crippen molar-refractivity contribution in [3.8, 4) is 68.8 Å². The molecule has 0 saturated heterocycles. The van der Waals surface area contributed by atoms with Crippen LogP contribution in [0.4, 0.5) is 34.1 Å². The number of hydrogen-bond acceptors (Lipinski definition) is 6. The van der Waals surface area contributed by atoms with Crippen LogP contribution in [0.2, 0.25) is 0 Å². The summed E-state index contributed by atoms with van der Waals surface area (Å²) >= 11 is 0.